The standard InChI is InChI=1S/C16H21N3O/c1-11-13(14-7-2-3-8-15(14)20-11)9-10-18-16(17)19-12-5-4-6-12/h2-3,7-8,12H,4-6,9-10H2,1H3,(H3,17,18,19). The average Bonchev–Trinajstić information content (AvgIpc) is 2.71. The van der Waals surface area contributed by atoms with Crippen molar-refractivity contribution in [1.82, 2.24) is 5.32 Å². The average molecular weight is 271 g/mol. The second-order valence-electron chi connectivity index (χ2n) is 5.42. The van der Waals surface area contributed by atoms with E-state index < -0.39 is 0 Å². The second kappa shape index (κ2) is 5.57. The fourth-order valence-electron chi connectivity index (χ4n) is 2.63. The van der Waals surface area contributed by atoms with Crippen LogP contribution in [0.1, 0.15) is 30.6 Å². The Labute approximate surface area is 119 Å². The van der Waals surface area contributed by atoms with Crippen LogP contribution >= 0.6 is 0 Å². The van der Waals surface area contributed by atoms with Crippen LogP contribution < -0.4 is 11.1 Å². The van der Waals surface area contributed by atoms with Gasteiger partial charge >= 0.3 is 0 Å². The van der Waals surface area contributed by atoms with Crippen molar-refractivity contribution >= 4 is 16.9 Å². The molecule has 1 aromatic heterocycles. The van der Waals surface area contributed by atoms with Crippen molar-refractivity contribution in [2.24, 2.45) is 10.7 Å². The number of furan rings is 1. The molecular weight excluding hydrogens is 250 g/mol. The minimum absolute atomic E-state index is 0.537. The van der Waals surface area contributed by atoms with E-state index in [1.165, 1.54) is 30.2 Å². The Kier molecular flexibility index (Phi) is 3.63. The summed E-state index contributed by atoms with van der Waals surface area (Å²) < 4.78 is 5.75. The maximum Gasteiger partial charge on any atom is 0.188 e. The lowest BCUT2D eigenvalue weighted by atomic mass is 9.93. The molecule has 0 aliphatic heterocycles. The van der Waals surface area contributed by atoms with Gasteiger partial charge in [-0.25, -0.2) is 0 Å². The predicted molar refractivity (Wildman–Crippen MR) is 81.9 cm³/mol. The number of para-hydroxylation sites is 1. The molecular formula is C16H21N3O. The third-order valence-electron chi connectivity index (χ3n) is 4.00. The monoisotopic (exact) mass is 271 g/mol. The third kappa shape index (κ3) is 2.64. The van der Waals surface area contributed by atoms with Gasteiger partial charge in [-0.3, -0.25) is 4.99 Å². The van der Waals surface area contributed by atoms with Gasteiger partial charge in [0.15, 0.2) is 5.96 Å². The number of hydrogen-bond donors (Lipinski definition) is 2. The highest BCUT2D eigenvalue weighted by atomic mass is 16.3. The van der Waals surface area contributed by atoms with Gasteiger partial charge in [-0.15, -0.1) is 0 Å². The van der Waals surface area contributed by atoms with Crippen LogP contribution in [0.15, 0.2) is 33.7 Å². The smallest absolute Gasteiger partial charge is 0.188 e. The summed E-state index contributed by atoms with van der Waals surface area (Å²) in [6.07, 6.45) is 4.57. The van der Waals surface area contributed by atoms with Gasteiger partial charge in [-0.2, -0.15) is 0 Å². The van der Waals surface area contributed by atoms with Gasteiger partial charge in [-0.05, 0) is 38.7 Å². The molecule has 3 rings (SSSR count). The predicted octanol–water partition coefficient (Wildman–Crippen LogP) is 2.74. The SMILES string of the molecule is Cc1oc2ccccc2c1CCN=C(N)NC1CCC1. The first-order chi connectivity index (χ1) is 9.74. The van der Waals surface area contributed by atoms with Crippen LogP contribution in [0.25, 0.3) is 11.0 Å². The molecule has 0 saturated heterocycles. The van der Waals surface area contributed by atoms with E-state index in [0.29, 0.717) is 18.5 Å². The lowest BCUT2D eigenvalue weighted by molar-refractivity contribution is 0.382. The van der Waals surface area contributed by atoms with Crippen molar-refractivity contribution < 1.29 is 4.42 Å². The van der Waals surface area contributed by atoms with Crippen molar-refractivity contribution in [3.8, 4) is 0 Å². The molecule has 1 aliphatic carbocycles. The maximum absolute atomic E-state index is 5.89. The number of benzene rings is 1. The topological polar surface area (TPSA) is 63.5 Å². The second-order valence-corrected chi connectivity index (χ2v) is 5.42. The number of rotatable bonds is 4. The van der Waals surface area contributed by atoms with Crippen molar-refractivity contribution in [1.29, 1.82) is 0 Å². The number of hydrogen-bond acceptors (Lipinski definition) is 2. The third-order valence-corrected chi connectivity index (χ3v) is 4.00. The molecule has 1 fully saturated rings. The molecule has 0 amide bonds. The first-order valence-electron chi connectivity index (χ1n) is 7.27. The molecule has 0 radical (unpaired) electrons. The molecule has 0 atom stereocenters. The first kappa shape index (κ1) is 13.0. The number of fused-ring (bicyclic) bond motifs is 1. The summed E-state index contributed by atoms with van der Waals surface area (Å²) in [6.45, 7) is 2.70. The number of nitrogens with one attached hydrogen (secondary N) is 1. The van der Waals surface area contributed by atoms with Crippen molar-refractivity contribution in [3.63, 3.8) is 0 Å². The zero-order valence-corrected chi connectivity index (χ0v) is 11.9. The maximum atomic E-state index is 5.89. The normalized spacial score (nSPS) is 16.4. The van der Waals surface area contributed by atoms with E-state index in [2.05, 4.69) is 16.4 Å². The fourth-order valence-corrected chi connectivity index (χ4v) is 2.63. The number of aryl methyl sites for hydroxylation is 1. The van der Waals surface area contributed by atoms with E-state index in [0.717, 1.165) is 17.8 Å². The van der Waals surface area contributed by atoms with Crippen LogP contribution in [0.2, 0.25) is 0 Å². The molecule has 4 nitrogen and oxygen atoms in total. The van der Waals surface area contributed by atoms with Gasteiger partial charge in [0, 0.05) is 23.5 Å². The van der Waals surface area contributed by atoms with Crippen LogP contribution in [0.3, 0.4) is 0 Å². The molecule has 0 unspecified atom stereocenters. The molecule has 4 heteroatoms. The largest absolute Gasteiger partial charge is 0.461 e. The van der Waals surface area contributed by atoms with Gasteiger partial charge in [0.25, 0.3) is 0 Å². The lowest BCUT2D eigenvalue weighted by Crippen LogP contribution is -2.43. The summed E-state index contributed by atoms with van der Waals surface area (Å²) in [4.78, 5) is 4.41. The summed E-state index contributed by atoms with van der Waals surface area (Å²) in [5.41, 5.74) is 8.08. The summed E-state index contributed by atoms with van der Waals surface area (Å²) in [7, 11) is 0. The van der Waals surface area contributed by atoms with Gasteiger partial charge in [-0.1, -0.05) is 18.2 Å². The number of aliphatic imine (C=N–C) groups is 1. The van der Waals surface area contributed by atoms with Crippen molar-refractivity contribution in [3.05, 3.63) is 35.6 Å². The number of guanidine groups is 1. The summed E-state index contributed by atoms with van der Waals surface area (Å²) in [6, 6.07) is 8.67. The quantitative estimate of drug-likeness (QED) is 0.664. The fraction of sp³-hybridized carbons (Fsp3) is 0.438. The van der Waals surface area contributed by atoms with Crippen LogP contribution in [0.4, 0.5) is 0 Å². The molecule has 20 heavy (non-hydrogen) atoms. The van der Waals surface area contributed by atoms with Gasteiger partial charge in [0.1, 0.15) is 11.3 Å². The van der Waals surface area contributed by atoms with E-state index >= 15 is 0 Å². The number of nitrogens with two attached hydrogens (primary N) is 1. The Morgan fingerprint density at radius 3 is 2.95 bits per heavy atom. The Morgan fingerprint density at radius 1 is 1.40 bits per heavy atom. The highest BCUT2D eigenvalue weighted by molar-refractivity contribution is 5.82. The summed E-state index contributed by atoms with van der Waals surface area (Å²) in [5, 5.41) is 4.44. The van der Waals surface area contributed by atoms with E-state index in [4.69, 9.17) is 10.2 Å². The molecule has 106 valence electrons. The molecule has 1 aliphatic rings. The minimum Gasteiger partial charge on any atom is -0.461 e. The zero-order valence-electron chi connectivity index (χ0n) is 11.9. The van der Waals surface area contributed by atoms with E-state index in [-0.39, 0.29) is 0 Å². The van der Waals surface area contributed by atoms with Crippen molar-refractivity contribution in [2.45, 2.75) is 38.6 Å². The van der Waals surface area contributed by atoms with E-state index in [9.17, 15) is 0 Å². The Bertz CT molecular complexity index is 626. The number of nitrogens with zero attached hydrogens (tertiary/aromatic N) is 1. The zero-order chi connectivity index (χ0) is 13.9. The highest BCUT2D eigenvalue weighted by Gasteiger charge is 2.17. The van der Waals surface area contributed by atoms with E-state index in [1.807, 2.05) is 25.1 Å². The molecule has 3 N–H and O–H groups in total. The Balaban J connectivity index is 1.64. The van der Waals surface area contributed by atoms with Crippen LogP contribution in [-0.4, -0.2) is 18.5 Å². The Hall–Kier alpha value is -1.97. The summed E-state index contributed by atoms with van der Waals surface area (Å²) >= 11 is 0. The Morgan fingerprint density at radius 2 is 2.20 bits per heavy atom. The first-order valence-corrected chi connectivity index (χ1v) is 7.27. The van der Waals surface area contributed by atoms with Crippen LogP contribution in [-0.2, 0) is 6.42 Å². The molecule has 1 aromatic carbocycles. The lowest BCUT2D eigenvalue weighted by Gasteiger charge is -2.26. The molecule has 2 aromatic rings. The molecule has 0 spiro atoms. The molecule has 1 heterocycles. The van der Waals surface area contributed by atoms with Crippen LogP contribution in [0, 0.1) is 6.92 Å². The van der Waals surface area contributed by atoms with Crippen molar-refractivity contribution in [2.75, 3.05) is 6.54 Å². The minimum atomic E-state index is 0.537. The van der Waals surface area contributed by atoms with Crippen LogP contribution in [0.5, 0.6) is 0 Å². The van der Waals surface area contributed by atoms with Gasteiger partial charge in [0.2, 0.25) is 0 Å². The molecule has 1 saturated carbocycles. The van der Waals surface area contributed by atoms with Gasteiger partial charge < -0.3 is 15.5 Å². The van der Waals surface area contributed by atoms with E-state index in [1.54, 1.807) is 0 Å². The molecule has 0 bridgehead atoms. The van der Waals surface area contributed by atoms with Gasteiger partial charge in [0.05, 0.1) is 0 Å². The highest BCUT2D eigenvalue weighted by Crippen LogP contribution is 2.25. The summed E-state index contributed by atoms with van der Waals surface area (Å²) in [5.74, 6) is 1.55.